The third-order valence-corrected chi connectivity index (χ3v) is 5.82. The fraction of sp³-hybridized carbons (Fsp3) is 0.391. The fourth-order valence-electron chi connectivity index (χ4n) is 4.34. The number of likely N-dealkylation sites (tertiary alicyclic amines) is 1. The number of aliphatic hydroxyl groups excluding tert-OH is 2. The van der Waals surface area contributed by atoms with Crippen molar-refractivity contribution in [3.63, 3.8) is 0 Å². The zero-order valence-corrected chi connectivity index (χ0v) is 16.0. The number of methoxy groups -OCH3 is 1. The van der Waals surface area contributed by atoms with Crippen LogP contribution in [0, 0.1) is 17.3 Å². The van der Waals surface area contributed by atoms with E-state index in [1.165, 1.54) is 5.56 Å². The summed E-state index contributed by atoms with van der Waals surface area (Å²) in [6.07, 6.45) is 0. The van der Waals surface area contributed by atoms with Gasteiger partial charge in [0.2, 0.25) is 0 Å². The second-order valence-electron chi connectivity index (χ2n) is 7.59. The molecule has 0 radical (unpaired) electrons. The first-order valence-corrected chi connectivity index (χ1v) is 9.50. The van der Waals surface area contributed by atoms with Crippen LogP contribution >= 0.6 is 0 Å². The molecule has 0 bridgehead atoms. The highest BCUT2D eigenvalue weighted by Crippen LogP contribution is 2.50. The van der Waals surface area contributed by atoms with Gasteiger partial charge in [-0.3, -0.25) is 4.90 Å². The third-order valence-electron chi connectivity index (χ3n) is 5.82. The minimum absolute atomic E-state index is 0.106. The first-order chi connectivity index (χ1) is 13.7. The van der Waals surface area contributed by atoms with Gasteiger partial charge in [0.15, 0.2) is 0 Å². The summed E-state index contributed by atoms with van der Waals surface area (Å²) in [7, 11) is 1.65. The van der Waals surface area contributed by atoms with Crippen LogP contribution in [0.5, 0.6) is 11.5 Å². The van der Waals surface area contributed by atoms with Gasteiger partial charge in [-0.25, -0.2) is 0 Å². The fourth-order valence-corrected chi connectivity index (χ4v) is 4.34. The van der Waals surface area contributed by atoms with Crippen LogP contribution in [-0.2, 0) is 6.54 Å². The number of ether oxygens (including phenoxy) is 2. The van der Waals surface area contributed by atoms with Gasteiger partial charge in [-0.1, -0.05) is 30.0 Å². The van der Waals surface area contributed by atoms with E-state index in [4.69, 9.17) is 14.6 Å². The average molecular weight is 379 g/mol. The maximum absolute atomic E-state index is 10.2. The summed E-state index contributed by atoms with van der Waals surface area (Å²) in [5.41, 5.74) is 2.99. The van der Waals surface area contributed by atoms with Crippen molar-refractivity contribution in [2.75, 3.05) is 40.0 Å². The molecule has 2 aromatic rings. The van der Waals surface area contributed by atoms with Crippen LogP contribution in [0.4, 0.5) is 0 Å². The number of fused-ring (bicyclic) bond motifs is 3. The van der Waals surface area contributed by atoms with E-state index in [2.05, 4.69) is 34.9 Å². The van der Waals surface area contributed by atoms with Crippen molar-refractivity contribution in [1.82, 2.24) is 4.90 Å². The first kappa shape index (κ1) is 18.8. The van der Waals surface area contributed by atoms with E-state index in [1.54, 1.807) is 7.11 Å². The smallest absolute Gasteiger partial charge is 0.126 e. The van der Waals surface area contributed by atoms with Crippen molar-refractivity contribution in [3.8, 4) is 23.3 Å². The Labute approximate surface area is 165 Å². The summed E-state index contributed by atoms with van der Waals surface area (Å²) in [4.78, 5) is 2.39. The van der Waals surface area contributed by atoms with Crippen molar-refractivity contribution in [2.24, 2.45) is 5.41 Å². The molecule has 2 aliphatic heterocycles. The molecule has 4 rings (SSSR count). The molecule has 1 saturated heterocycles. The lowest BCUT2D eigenvalue weighted by Gasteiger charge is -2.38. The summed E-state index contributed by atoms with van der Waals surface area (Å²) < 4.78 is 11.3. The van der Waals surface area contributed by atoms with E-state index in [1.807, 2.05) is 24.3 Å². The van der Waals surface area contributed by atoms with Crippen molar-refractivity contribution in [3.05, 3.63) is 59.2 Å². The Morgan fingerprint density at radius 3 is 2.75 bits per heavy atom. The molecule has 2 aliphatic rings. The van der Waals surface area contributed by atoms with Crippen molar-refractivity contribution in [1.29, 1.82) is 0 Å². The molecule has 5 heteroatoms. The molecule has 2 atom stereocenters. The van der Waals surface area contributed by atoms with E-state index in [-0.39, 0.29) is 24.5 Å². The first-order valence-electron chi connectivity index (χ1n) is 9.50. The molecule has 0 aliphatic carbocycles. The predicted molar refractivity (Wildman–Crippen MR) is 106 cm³/mol. The van der Waals surface area contributed by atoms with Gasteiger partial charge in [-0.2, -0.15) is 0 Å². The van der Waals surface area contributed by atoms with Gasteiger partial charge < -0.3 is 19.7 Å². The Hall–Kier alpha value is -2.52. The quantitative estimate of drug-likeness (QED) is 0.796. The summed E-state index contributed by atoms with van der Waals surface area (Å²) in [5, 5.41) is 19.0. The zero-order valence-electron chi connectivity index (χ0n) is 16.0. The number of rotatable bonds is 4. The van der Waals surface area contributed by atoms with E-state index < -0.39 is 0 Å². The molecular formula is C23H25NO4. The van der Waals surface area contributed by atoms with Crippen LogP contribution in [0.3, 0.4) is 0 Å². The highest BCUT2D eigenvalue weighted by atomic mass is 16.5. The molecule has 0 amide bonds. The van der Waals surface area contributed by atoms with E-state index in [0.29, 0.717) is 6.61 Å². The Bertz CT molecular complexity index is 899. The van der Waals surface area contributed by atoms with Crippen LogP contribution in [0.15, 0.2) is 42.5 Å². The predicted octanol–water partition coefficient (Wildman–Crippen LogP) is 2.01. The van der Waals surface area contributed by atoms with Crippen molar-refractivity contribution in [2.45, 2.75) is 12.5 Å². The Morgan fingerprint density at radius 1 is 1.21 bits per heavy atom. The Morgan fingerprint density at radius 2 is 2.04 bits per heavy atom. The second-order valence-corrected chi connectivity index (χ2v) is 7.59. The molecule has 0 unspecified atom stereocenters. The molecule has 0 spiro atoms. The third kappa shape index (κ3) is 3.47. The van der Waals surface area contributed by atoms with Crippen LogP contribution < -0.4 is 9.47 Å². The molecule has 146 valence electrons. The van der Waals surface area contributed by atoms with Gasteiger partial charge in [-0.15, -0.1) is 0 Å². The van der Waals surface area contributed by atoms with Crippen LogP contribution in [0.2, 0.25) is 0 Å². The van der Waals surface area contributed by atoms with Gasteiger partial charge >= 0.3 is 0 Å². The molecule has 0 saturated carbocycles. The van der Waals surface area contributed by atoms with Crippen LogP contribution in [0.1, 0.15) is 22.6 Å². The lowest BCUT2D eigenvalue weighted by atomic mass is 9.74. The molecule has 1 fully saturated rings. The normalized spacial score (nSPS) is 23.2. The minimum atomic E-state index is -0.270. The maximum atomic E-state index is 10.2. The Kier molecular flexibility index (Phi) is 5.27. The number of nitrogens with zero attached hydrogens (tertiary/aromatic N) is 1. The largest absolute Gasteiger partial charge is 0.497 e. The lowest BCUT2D eigenvalue weighted by Crippen LogP contribution is -2.42. The maximum Gasteiger partial charge on any atom is 0.126 e. The summed E-state index contributed by atoms with van der Waals surface area (Å²) in [5.74, 6) is 7.47. The number of hydrogen-bond donors (Lipinski definition) is 2. The standard InChI is InChI=1S/C23H25NO4/c1-27-19-8-9-20-21-13-24(14-23(21,15-26)16-28-22(20)11-19)12-18-6-4-17(5-7-18)3-2-10-25/h4-9,11,21,25-26H,10,12-16H2,1H3/t21-,23-/m1/s1. The minimum Gasteiger partial charge on any atom is -0.497 e. The highest BCUT2D eigenvalue weighted by Gasteiger charge is 2.50. The van der Waals surface area contributed by atoms with Gasteiger partial charge in [0.05, 0.1) is 20.3 Å². The number of aliphatic hydroxyl groups is 2. The van der Waals surface area contributed by atoms with E-state index in [0.717, 1.165) is 42.3 Å². The highest BCUT2D eigenvalue weighted by molar-refractivity contribution is 5.46. The summed E-state index contributed by atoms with van der Waals surface area (Å²) in [6, 6.07) is 14.1. The van der Waals surface area contributed by atoms with Crippen LogP contribution in [0.25, 0.3) is 0 Å². The zero-order chi connectivity index (χ0) is 19.6. The number of hydrogen-bond acceptors (Lipinski definition) is 5. The molecule has 2 aromatic carbocycles. The van der Waals surface area contributed by atoms with Gasteiger partial charge in [0.25, 0.3) is 0 Å². The van der Waals surface area contributed by atoms with Crippen LogP contribution in [-0.4, -0.2) is 55.1 Å². The molecule has 5 nitrogen and oxygen atoms in total. The molecular weight excluding hydrogens is 354 g/mol. The average Bonchev–Trinajstić information content (AvgIpc) is 3.11. The lowest BCUT2D eigenvalue weighted by molar-refractivity contribution is 0.0456. The molecule has 0 aromatic heterocycles. The molecule has 28 heavy (non-hydrogen) atoms. The Balaban J connectivity index is 1.53. The monoisotopic (exact) mass is 379 g/mol. The molecule has 2 N–H and O–H groups in total. The summed E-state index contributed by atoms with van der Waals surface area (Å²) in [6.45, 7) is 2.99. The topological polar surface area (TPSA) is 62.2 Å². The van der Waals surface area contributed by atoms with Crippen molar-refractivity contribution >= 4 is 0 Å². The van der Waals surface area contributed by atoms with Gasteiger partial charge in [-0.05, 0) is 29.3 Å². The van der Waals surface area contributed by atoms with E-state index >= 15 is 0 Å². The SMILES string of the molecule is COc1ccc2c(c1)OC[C@]1(CO)CN(Cc3ccc(C#CCO)cc3)C[C@H]21. The number of benzene rings is 2. The summed E-state index contributed by atoms with van der Waals surface area (Å²) >= 11 is 0. The van der Waals surface area contributed by atoms with E-state index in [9.17, 15) is 5.11 Å². The van der Waals surface area contributed by atoms with Gasteiger partial charge in [0, 0.05) is 42.6 Å². The second kappa shape index (κ2) is 7.84. The molecule has 2 heterocycles. The van der Waals surface area contributed by atoms with Crippen molar-refractivity contribution < 1.29 is 19.7 Å². The van der Waals surface area contributed by atoms with Gasteiger partial charge in [0.1, 0.15) is 18.1 Å².